The maximum Gasteiger partial charge on any atom is 0.269 e. The Hall–Kier alpha value is -3.71. The van der Waals surface area contributed by atoms with Crippen LogP contribution in [0.4, 0.5) is 10.1 Å². The average Bonchev–Trinajstić information content (AvgIpc) is 3.29. The molecule has 0 saturated heterocycles. The summed E-state index contributed by atoms with van der Waals surface area (Å²) in [6, 6.07) is 21.1. The van der Waals surface area contributed by atoms with Gasteiger partial charge in [-0.3, -0.25) is 4.79 Å². The molecule has 5 rings (SSSR count). The van der Waals surface area contributed by atoms with Crippen molar-refractivity contribution in [2.75, 3.05) is 11.9 Å². The van der Waals surface area contributed by atoms with E-state index in [-0.39, 0.29) is 18.3 Å². The van der Waals surface area contributed by atoms with Crippen molar-refractivity contribution in [3.05, 3.63) is 84.0 Å². The van der Waals surface area contributed by atoms with Gasteiger partial charge in [-0.05, 0) is 30.3 Å². The summed E-state index contributed by atoms with van der Waals surface area (Å²) in [7, 11) is 0. The number of rotatable bonds is 4. The van der Waals surface area contributed by atoms with Crippen LogP contribution in [0.2, 0.25) is 0 Å². The lowest BCUT2D eigenvalue weighted by molar-refractivity contribution is -0.125. The summed E-state index contributed by atoms with van der Waals surface area (Å²) in [5.74, 6) is 0.525. The first-order valence-electron chi connectivity index (χ1n) is 9.68. The predicted molar refractivity (Wildman–Crippen MR) is 118 cm³/mol. The molecule has 2 heterocycles. The van der Waals surface area contributed by atoms with Gasteiger partial charge < -0.3 is 14.8 Å². The number of anilines is 1. The van der Waals surface area contributed by atoms with Gasteiger partial charge >= 0.3 is 0 Å². The zero-order valence-electron chi connectivity index (χ0n) is 16.2. The van der Waals surface area contributed by atoms with Crippen molar-refractivity contribution in [1.29, 1.82) is 0 Å². The van der Waals surface area contributed by atoms with Crippen molar-refractivity contribution in [3.63, 3.8) is 0 Å². The molecule has 1 aliphatic rings. The van der Waals surface area contributed by atoms with E-state index >= 15 is 0 Å². The minimum Gasteiger partial charge on any atom is -0.485 e. The van der Waals surface area contributed by atoms with Gasteiger partial charge in [-0.1, -0.05) is 42.5 Å². The van der Waals surface area contributed by atoms with Crippen molar-refractivity contribution >= 4 is 22.9 Å². The highest BCUT2D eigenvalue weighted by molar-refractivity contribution is 7.13. The molecule has 1 aliphatic heterocycles. The highest BCUT2D eigenvalue weighted by atomic mass is 32.1. The normalized spacial score (nSPS) is 14.8. The van der Waals surface area contributed by atoms with Crippen LogP contribution < -0.4 is 14.8 Å². The van der Waals surface area contributed by atoms with Crippen LogP contribution in [0.25, 0.3) is 21.8 Å². The summed E-state index contributed by atoms with van der Waals surface area (Å²) in [5, 5.41) is 5.35. The molecule has 4 aromatic rings. The van der Waals surface area contributed by atoms with Gasteiger partial charge in [-0.15, -0.1) is 11.3 Å². The lowest BCUT2D eigenvalue weighted by Crippen LogP contribution is -2.40. The van der Waals surface area contributed by atoms with Gasteiger partial charge in [0.1, 0.15) is 17.4 Å². The van der Waals surface area contributed by atoms with E-state index in [1.165, 1.54) is 17.4 Å². The van der Waals surface area contributed by atoms with E-state index in [0.717, 1.165) is 5.56 Å². The summed E-state index contributed by atoms with van der Waals surface area (Å²) >= 11 is 1.35. The zero-order chi connectivity index (χ0) is 21.2. The molecule has 0 aliphatic carbocycles. The molecular weight excluding hydrogens is 415 g/mol. The number of fused-ring (bicyclic) bond motifs is 1. The minimum atomic E-state index is -0.771. The Kier molecular flexibility index (Phi) is 5.09. The fourth-order valence-electron chi connectivity index (χ4n) is 3.33. The van der Waals surface area contributed by atoms with E-state index in [1.54, 1.807) is 36.4 Å². The third-order valence-corrected chi connectivity index (χ3v) is 5.75. The fourth-order valence-corrected chi connectivity index (χ4v) is 4.18. The molecule has 154 valence electrons. The molecule has 5 nitrogen and oxygen atoms in total. The lowest BCUT2D eigenvalue weighted by Gasteiger charge is -2.25. The largest absolute Gasteiger partial charge is 0.485 e. The number of para-hydroxylation sites is 3. The number of hydrogen-bond acceptors (Lipinski definition) is 5. The maximum atomic E-state index is 14.1. The first-order valence-corrected chi connectivity index (χ1v) is 10.6. The third kappa shape index (κ3) is 3.87. The van der Waals surface area contributed by atoms with Crippen LogP contribution in [0.3, 0.4) is 0 Å². The zero-order valence-corrected chi connectivity index (χ0v) is 17.1. The summed E-state index contributed by atoms with van der Waals surface area (Å²) in [4.78, 5) is 17.4. The molecule has 3 aromatic carbocycles. The van der Waals surface area contributed by atoms with Crippen LogP contribution >= 0.6 is 11.3 Å². The number of ether oxygens (including phenoxy) is 2. The summed E-state index contributed by atoms with van der Waals surface area (Å²) in [6.45, 7) is 0.124. The van der Waals surface area contributed by atoms with Gasteiger partial charge in [0.05, 0.1) is 11.4 Å². The Bertz CT molecular complexity index is 1260. The highest BCUT2D eigenvalue weighted by Gasteiger charge is 2.28. The van der Waals surface area contributed by atoms with Crippen LogP contribution in [0.15, 0.2) is 78.2 Å². The van der Waals surface area contributed by atoms with Crippen molar-refractivity contribution < 1.29 is 18.7 Å². The molecule has 7 heteroatoms. The van der Waals surface area contributed by atoms with Crippen LogP contribution in [-0.2, 0) is 4.79 Å². The molecule has 0 spiro atoms. The molecule has 0 bridgehead atoms. The quantitative estimate of drug-likeness (QED) is 0.469. The van der Waals surface area contributed by atoms with E-state index in [4.69, 9.17) is 9.47 Å². The molecule has 0 fully saturated rings. The molecule has 0 saturated carbocycles. The van der Waals surface area contributed by atoms with Crippen molar-refractivity contribution in [3.8, 4) is 33.3 Å². The Morgan fingerprint density at radius 3 is 2.52 bits per heavy atom. The smallest absolute Gasteiger partial charge is 0.269 e. The Morgan fingerprint density at radius 2 is 1.68 bits per heavy atom. The number of nitrogens with one attached hydrogen (secondary N) is 1. The molecule has 0 unspecified atom stereocenters. The third-order valence-electron chi connectivity index (χ3n) is 4.87. The second-order valence-corrected chi connectivity index (χ2v) is 7.77. The second kappa shape index (κ2) is 8.20. The molecular formula is C24H17FN2O3S. The van der Waals surface area contributed by atoms with E-state index in [0.29, 0.717) is 33.5 Å². The number of carbonyl (C=O) groups excluding carboxylic acids is 1. The van der Waals surface area contributed by atoms with Crippen LogP contribution in [-0.4, -0.2) is 23.6 Å². The number of benzene rings is 3. The maximum absolute atomic E-state index is 14.1. The lowest BCUT2D eigenvalue weighted by atomic mass is 10.1. The SMILES string of the molecule is O=C(Nc1ccccc1-c1csc(-c2ccccc2F)n1)[C@@H]1COc2ccccc2O1. The van der Waals surface area contributed by atoms with Gasteiger partial charge in [-0.2, -0.15) is 0 Å². The number of aromatic nitrogens is 1. The number of hydrogen-bond donors (Lipinski definition) is 1. The second-order valence-electron chi connectivity index (χ2n) is 6.92. The van der Waals surface area contributed by atoms with E-state index in [2.05, 4.69) is 10.3 Å². The minimum absolute atomic E-state index is 0.124. The number of thiazole rings is 1. The number of halogens is 1. The van der Waals surface area contributed by atoms with Crippen molar-refractivity contribution in [2.24, 2.45) is 0 Å². The van der Waals surface area contributed by atoms with Gasteiger partial charge in [-0.25, -0.2) is 9.37 Å². The van der Waals surface area contributed by atoms with Crippen LogP contribution in [0.1, 0.15) is 0 Å². The first-order chi connectivity index (χ1) is 15.2. The topological polar surface area (TPSA) is 60.5 Å². The van der Waals surface area contributed by atoms with Gasteiger partial charge in [0.25, 0.3) is 5.91 Å². The first kappa shape index (κ1) is 19.3. The Balaban J connectivity index is 1.38. The molecule has 31 heavy (non-hydrogen) atoms. The summed E-state index contributed by atoms with van der Waals surface area (Å²) < 4.78 is 25.6. The fraction of sp³-hybridized carbons (Fsp3) is 0.0833. The van der Waals surface area contributed by atoms with Crippen molar-refractivity contribution in [1.82, 2.24) is 4.98 Å². The average molecular weight is 432 g/mol. The van der Waals surface area contributed by atoms with E-state index in [9.17, 15) is 9.18 Å². The van der Waals surface area contributed by atoms with Gasteiger partial charge in [0.2, 0.25) is 6.10 Å². The molecule has 0 radical (unpaired) electrons. The molecule has 1 aromatic heterocycles. The Labute approximate surface area is 182 Å². The molecule has 1 atom stereocenters. The van der Waals surface area contributed by atoms with E-state index < -0.39 is 6.10 Å². The number of amides is 1. The number of nitrogens with zero attached hydrogens (tertiary/aromatic N) is 1. The van der Waals surface area contributed by atoms with Gasteiger partial charge in [0.15, 0.2) is 11.5 Å². The van der Waals surface area contributed by atoms with Crippen molar-refractivity contribution in [2.45, 2.75) is 6.10 Å². The monoisotopic (exact) mass is 432 g/mol. The standard InChI is InChI=1S/C24H17FN2O3S/c25-17-9-3-1-7-15(17)24-27-19(14-31-24)16-8-2-4-10-18(16)26-23(28)22-13-29-20-11-5-6-12-21(20)30-22/h1-12,14,22H,13H2,(H,26,28)/t22-/m0/s1. The summed E-state index contributed by atoms with van der Waals surface area (Å²) in [6.07, 6.45) is -0.771. The van der Waals surface area contributed by atoms with Crippen LogP contribution in [0.5, 0.6) is 11.5 Å². The van der Waals surface area contributed by atoms with Crippen LogP contribution in [0, 0.1) is 5.82 Å². The Morgan fingerprint density at radius 1 is 0.968 bits per heavy atom. The number of carbonyl (C=O) groups is 1. The molecule has 1 amide bonds. The van der Waals surface area contributed by atoms with Gasteiger partial charge in [0, 0.05) is 16.5 Å². The predicted octanol–water partition coefficient (Wildman–Crippen LogP) is 5.39. The highest BCUT2D eigenvalue weighted by Crippen LogP contribution is 2.34. The summed E-state index contributed by atoms with van der Waals surface area (Å²) in [5.41, 5.74) is 2.45. The van der Waals surface area contributed by atoms with E-state index in [1.807, 2.05) is 35.7 Å². The molecule has 1 N–H and O–H groups in total.